The molecule has 0 aliphatic carbocycles. The van der Waals surface area contributed by atoms with E-state index in [0.717, 1.165) is 11.3 Å². The van der Waals surface area contributed by atoms with Gasteiger partial charge in [-0.05, 0) is 19.2 Å². The molecule has 2 aromatic heterocycles. The van der Waals surface area contributed by atoms with Gasteiger partial charge < -0.3 is 5.32 Å². The lowest BCUT2D eigenvalue weighted by molar-refractivity contribution is 0.609. The largest absolute Gasteiger partial charge is 0.308 e. The number of rotatable bonds is 3. The molecule has 1 N–H and O–H groups in total. The van der Waals surface area contributed by atoms with Gasteiger partial charge in [0.25, 0.3) is 0 Å². The Hall–Kier alpha value is -1.88. The average Bonchev–Trinajstić information content (AvgIpc) is 2.34. The summed E-state index contributed by atoms with van der Waals surface area (Å²) in [6, 6.07) is 2.90. The standard InChI is InChI=1S/C11H11FN4/c1-13-11(8-4-14-7-15-5-8)10-3-2-9(12)6-16-10/h2-7,11,13H,1H3. The van der Waals surface area contributed by atoms with Crippen LogP contribution in [0.25, 0.3) is 0 Å². The highest BCUT2D eigenvalue weighted by Gasteiger charge is 2.13. The van der Waals surface area contributed by atoms with Gasteiger partial charge in [-0.15, -0.1) is 0 Å². The first-order chi connectivity index (χ1) is 7.81. The fraction of sp³-hybridized carbons (Fsp3) is 0.182. The Bertz CT molecular complexity index is 443. The summed E-state index contributed by atoms with van der Waals surface area (Å²) in [5.74, 6) is -0.345. The minimum absolute atomic E-state index is 0.123. The van der Waals surface area contributed by atoms with E-state index in [0.29, 0.717) is 0 Å². The van der Waals surface area contributed by atoms with E-state index in [1.54, 1.807) is 18.5 Å². The second kappa shape index (κ2) is 4.76. The number of pyridine rings is 1. The Morgan fingerprint density at radius 2 is 1.94 bits per heavy atom. The Morgan fingerprint density at radius 3 is 2.50 bits per heavy atom. The topological polar surface area (TPSA) is 50.7 Å². The van der Waals surface area contributed by atoms with E-state index in [4.69, 9.17) is 0 Å². The van der Waals surface area contributed by atoms with E-state index in [2.05, 4.69) is 20.3 Å². The molecule has 0 aliphatic rings. The van der Waals surface area contributed by atoms with Crippen molar-refractivity contribution >= 4 is 0 Å². The van der Waals surface area contributed by atoms with Gasteiger partial charge in [0.15, 0.2) is 0 Å². The number of aromatic nitrogens is 3. The van der Waals surface area contributed by atoms with E-state index < -0.39 is 0 Å². The predicted molar refractivity (Wildman–Crippen MR) is 57.1 cm³/mol. The Balaban J connectivity index is 2.33. The number of nitrogens with one attached hydrogen (secondary N) is 1. The first-order valence-electron chi connectivity index (χ1n) is 4.85. The van der Waals surface area contributed by atoms with E-state index in [1.807, 2.05) is 7.05 Å². The van der Waals surface area contributed by atoms with Crippen LogP contribution in [-0.2, 0) is 0 Å². The maximum atomic E-state index is 12.7. The summed E-state index contributed by atoms with van der Waals surface area (Å²) in [7, 11) is 1.81. The summed E-state index contributed by atoms with van der Waals surface area (Å²) < 4.78 is 12.7. The van der Waals surface area contributed by atoms with Crippen LogP contribution in [0.15, 0.2) is 37.1 Å². The molecule has 0 bridgehead atoms. The first kappa shape index (κ1) is 10.6. The number of halogens is 1. The van der Waals surface area contributed by atoms with Gasteiger partial charge in [-0.3, -0.25) is 4.98 Å². The van der Waals surface area contributed by atoms with Crippen molar-refractivity contribution in [3.8, 4) is 0 Å². The molecule has 0 radical (unpaired) electrons. The van der Waals surface area contributed by atoms with Crippen molar-refractivity contribution in [1.29, 1.82) is 0 Å². The lowest BCUT2D eigenvalue weighted by atomic mass is 10.1. The molecule has 0 aromatic carbocycles. The van der Waals surface area contributed by atoms with E-state index in [1.165, 1.54) is 18.6 Å². The molecule has 0 aliphatic heterocycles. The number of hydrogen-bond acceptors (Lipinski definition) is 4. The molecule has 2 heterocycles. The van der Waals surface area contributed by atoms with Crippen molar-refractivity contribution in [3.63, 3.8) is 0 Å². The Morgan fingerprint density at radius 1 is 1.19 bits per heavy atom. The molecule has 5 heteroatoms. The summed E-state index contributed by atoms with van der Waals surface area (Å²) in [6.07, 6.45) is 6.08. The smallest absolute Gasteiger partial charge is 0.141 e. The van der Waals surface area contributed by atoms with E-state index in [9.17, 15) is 4.39 Å². The van der Waals surface area contributed by atoms with E-state index >= 15 is 0 Å². The minimum Gasteiger partial charge on any atom is -0.308 e. The maximum Gasteiger partial charge on any atom is 0.141 e. The van der Waals surface area contributed by atoms with Crippen molar-refractivity contribution < 1.29 is 4.39 Å². The van der Waals surface area contributed by atoms with Crippen LogP contribution in [0, 0.1) is 5.82 Å². The minimum atomic E-state index is -0.345. The quantitative estimate of drug-likeness (QED) is 0.844. The van der Waals surface area contributed by atoms with Crippen LogP contribution in [-0.4, -0.2) is 22.0 Å². The van der Waals surface area contributed by atoms with Crippen molar-refractivity contribution in [1.82, 2.24) is 20.3 Å². The summed E-state index contributed by atoms with van der Waals surface area (Å²) in [5.41, 5.74) is 1.63. The van der Waals surface area contributed by atoms with Crippen LogP contribution >= 0.6 is 0 Å². The number of hydrogen-bond donors (Lipinski definition) is 1. The van der Waals surface area contributed by atoms with Crippen LogP contribution in [0.1, 0.15) is 17.3 Å². The molecule has 2 rings (SSSR count). The monoisotopic (exact) mass is 218 g/mol. The van der Waals surface area contributed by atoms with E-state index in [-0.39, 0.29) is 11.9 Å². The van der Waals surface area contributed by atoms with Gasteiger partial charge >= 0.3 is 0 Å². The molecule has 82 valence electrons. The highest BCUT2D eigenvalue weighted by atomic mass is 19.1. The van der Waals surface area contributed by atoms with Gasteiger partial charge in [0.05, 0.1) is 17.9 Å². The molecule has 16 heavy (non-hydrogen) atoms. The van der Waals surface area contributed by atoms with Gasteiger partial charge in [0, 0.05) is 18.0 Å². The summed E-state index contributed by atoms with van der Waals surface area (Å²) in [4.78, 5) is 11.9. The second-order valence-electron chi connectivity index (χ2n) is 3.29. The maximum absolute atomic E-state index is 12.7. The number of nitrogens with zero attached hydrogens (tertiary/aromatic N) is 3. The highest BCUT2D eigenvalue weighted by molar-refractivity contribution is 5.23. The summed E-state index contributed by atoms with van der Waals surface area (Å²) in [6.45, 7) is 0. The van der Waals surface area contributed by atoms with Gasteiger partial charge in [-0.1, -0.05) is 0 Å². The second-order valence-corrected chi connectivity index (χ2v) is 3.29. The average molecular weight is 218 g/mol. The molecule has 0 saturated heterocycles. The molecule has 1 atom stereocenters. The third kappa shape index (κ3) is 2.20. The third-order valence-electron chi connectivity index (χ3n) is 2.25. The predicted octanol–water partition coefficient (Wildman–Crippen LogP) is 1.32. The Labute approximate surface area is 92.6 Å². The lowest BCUT2D eigenvalue weighted by Gasteiger charge is -2.14. The molecular formula is C11H11FN4. The van der Waals surface area contributed by atoms with Crippen LogP contribution in [0.3, 0.4) is 0 Å². The van der Waals surface area contributed by atoms with Crippen molar-refractivity contribution in [2.45, 2.75) is 6.04 Å². The van der Waals surface area contributed by atoms with Gasteiger partial charge in [-0.2, -0.15) is 0 Å². The normalized spacial score (nSPS) is 12.4. The van der Waals surface area contributed by atoms with Crippen LogP contribution in [0.4, 0.5) is 4.39 Å². The van der Waals surface area contributed by atoms with Gasteiger partial charge in [0.1, 0.15) is 12.1 Å². The van der Waals surface area contributed by atoms with Crippen molar-refractivity contribution in [2.24, 2.45) is 0 Å². The zero-order valence-electron chi connectivity index (χ0n) is 8.76. The third-order valence-corrected chi connectivity index (χ3v) is 2.25. The lowest BCUT2D eigenvalue weighted by Crippen LogP contribution is -2.19. The van der Waals surface area contributed by atoms with Gasteiger partial charge in [-0.25, -0.2) is 14.4 Å². The highest BCUT2D eigenvalue weighted by Crippen LogP contribution is 2.17. The molecule has 1 unspecified atom stereocenters. The van der Waals surface area contributed by atoms with Crippen molar-refractivity contribution in [3.05, 3.63) is 54.1 Å². The Kier molecular flexibility index (Phi) is 3.16. The van der Waals surface area contributed by atoms with Crippen LogP contribution in [0.2, 0.25) is 0 Å². The first-order valence-corrected chi connectivity index (χ1v) is 4.85. The SMILES string of the molecule is CNC(c1cncnc1)c1ccc(F)cn1. The van der Waals surface area contributed by atoms with Crippen molar-refractivity contribution in [2.75, 3.05) is 7.05 Å². The van der Waals surface area contributed by atoms with Gasteiger partial charge in [0.2, 0.25) is 0 Å². The molecule has 2 aromatic rings. The fourth-order valence-electron chi connectivity index (χ4n) is 1.50. The summed E-state index contributed by atoms with van der Waals surface area (Å²) in [5, 5.41) is 3.09. The molecular weight excluding hydrogens is 207 g/mol. The summed E-state index contributed by atoms with van der Waals surface area (Å²) >= 11 is 0. The molecule has 0 saturated carbocycles. The van der Waals surface area contributed by atoms with Crippen LogP contribution < -0.4 is 5.32 Å². The molecule has 0 spiro atoms. The fourth-order valence-corrected chi connectivity index (χ4v) is 1.50. The molecule has 0 amide bonds. The zero-order valence-corrected chi connectivity index (χ0v) is 8.76. The van der Waals surface area contributed by atoms with Crippen LogP contribution in [0.5, 0.6) is 0 Å². The zero-order chi connectivity index (χ0) is 11.4. The molecule has 0 fully saturated rings. The molecule has 4 nitrogen and oxygen atoms in total.